The van der Waals surface area contributed by atoms with Gasteiger partial charge in [-0.2, -0.15) is 0 Å². The van der Waals surface area contributed by atoms with Gasteiger partial charge in [-0.3, -0.25) is 14.2 Å². The van der Waals surface area contributed by atoms with Crippen molar-refractivity contribution in [1.82, 2.24) is 9.55 Å². The van der Waals surface area contributed by atoms with E-state index in [2.05, 4.69) is 11.9 Å². The zero-order valence-electron chi connectivity index (χ0n) is 18.9. The molecule has 1 N–H and O–H groups in total. The van der Waals surface area contributed by atoms with Crippen LogP contribution >= 0.6 is 23.1 Å². The van der Waals surface area contributed by atoms with Crippen LogP contribution in [0.5, 0.6) is 0 Å². The molecule has 34 heavy (non-hydrogen) atoms. The Balaban J connectivity index is 1.56. The van der Waals surface area contributed by atoms with Gasteiger partial charge in [-0.05, 0) is 49.4 Å². The van der Waals surface area contributed by atoms with Crippen LogP contribution in [-0.4, -0.2) is 15.5 Å². The molecule has 0 fully saturated rings. The van der Waals surface area contributed by atoms with Gasteiger partial charge in [-0.1, -0.05) is 65.9 Å². The van der Waals surface area contributed by atoms with Crippen molar-refractivity contribution in [3.05, 3.63) is 99.2 Å². The predicted molar refractivity (Wildman–Crippen MR) is 141 cm³/mol. The minimum absolute atomic E-state index is 0.0439. The number of rotatable bonds is 7. The quantitative estimate of drug-likeness (QED) is 0.200. The third-order valence-corrected chi connectivity index (χ3v) is 8.41. The van der Waals surface area contributed by atoms with Gasteiger partial charge in [-0.15, -0.1) is 17.9 Å². The van der Waals surface area contributed by atoms with Gasteiger partial charge >= 0.3 is 0 Å². The number of fused-ring (bicyclic) bond motifs is 3. The van der Waals surface area contributed by atoms with Crippen LogP contribution in [0.1, 0.15) is 33.2 Å². The SMILES string of the molecule is C=CCn1c(SC(C(=O)Nc2ccc(C)cc2)c2ccccc2)nc2sc3c(c2c1=O)CCC3. The molecule has 1 aliphatic rings. The van der Waals surface area contributed by atoms with E-state index in [0.29, 0.717) is 11.7 Å². The maximum absolute atomic E-state index is 13.5. The lowest BCUT2D eigenvalue weighted by atomic mass is 10.1. The summed E-state index contributed by atoms with van der Waals surface area (Å²) in [6.07, 6.45) is 4.73. The number of thiophene rings is 1. The average molecular weight is 488 g/mol. The number of anilines is 1. The first-order chi connectivity index (χ1) is 16.5. The first kappa shape index (κ1) is 22.6. The number of carbonyl (C=O) groups is 1. The molecule has 2 aromatic carbocycles. The number of aryl methyl sites for hydroxylation is 3. The van der Waals surface area contributed by atoms with E-state index in [0.717, 1.165) is 51.9 Å². The van der Waals surface area contributed by atoms with E-state index < -0.39 is 5.25 Å². The lowest BCUT2D eigenvalue weighted by Gasteiger charge is -2.19. The Labute approximate surface area is 206 Å². The van der Waals surface area contributed by atoms with E-state index in [4.69, 9.17) is 4.98 Å². The van der Waals surface area contributed by atoms with E-state index in [9.17, 15) is 9.59 Å². The summed E-state index contributed by atoms with van der Waals surface area (Å²) in [5, 5.41) is 3.73. The number of carbonyl (C=O) groups excluding carboxylic acids is 1. The van der Waals surface area contributed by atoms with Crippen LogP contribution in [0.15, 0.2) is 77.2 Å². The smallest absolute Gasteiger partial charge is 0.263 e. The predicted octanol–water partition coefficient (Wildman–Crippen LogP) is 5.91. The minimum atomic E-state index is -0.574. The number of hydrogen-bond acceptors (Lipinski definition) is 5. The maximum atomic E-state index is 13.5. The molecule has 7 heteroatoms. The Bertz CT molecular complexity index is 1420. The van der Waals surface area contributed by atoms with Gasteiger partial charge in [0.1, 0.15) is 10.1 Å². The summed E-state index contributed by atoms with van der Waals surface area (Å²) >= 11 is 2.92. The normalized spacial score (nSPS) is 13.6. The molecule has 2 aromatic heterocycles. The number of amides is 1. The summed E-state index contributed by atoms with van der Waals surface area (Å²) < 4.78 is 1.65. The molecule has 1 amide bonds. The summed E-state index contributed by atoms with van der Waals surface area (Å²) in [6, 6.07) is 17.3. The summed E-state index contributed by atoms with van der Waals surface area (Å²) in [7, 11) is 0. The molecule has 1 aliphatic carbocycles. The molecular formula is C27H25N3O2S2. The number of allylic oxidation sites excluding steroid dienone is 1. The zero-order chi connectivity index (χ0) is 23.7. The standard InChI is InChI=1S/C27H25N3O2S2/c1-3-16-30-26(32)22-20-10-7-11-21(20)33-25(22)29-27(30)34-23(18-8-5-4-6-9-18)24(31)28-19-14-12-17(2)13-15-19/h3-6,8-9,12-15,23H,1,7,10-11,16H2,2H3,(H,28,31). The number of benzene rings is 2. The highest BCUT2D eigenvalue weighted by Gasteiger charge is 2.27. The molecule has 172 valence electrons. The number of nitrogens with one attached hydrogen (secondary N) is 1. The fourth-order valence-electron chi connectivity index (χ4n) is 4.29. The van der Waals surface area contributed by atoms with Crippen LogP contribution in [0.3, 0.4) is 0 Å². The summed E-state index contributed by atoms with van der Waals surface area (Å²) in [6.45, 7) is 6.19. The van der Waals surface area contributed by atoms with Crippen LogP contribution in [0.25, 0.3) is 10.2 Å². The highest BCUT2D eigenvalue weighted by atomic mass is 32.2. The van der Waals surface area contributed by atoms with Crippen molar-refractivity contribution in [3.63, 3.8) is 0 Å². The summed E-state index contributed by atoms with van der Waals surface area (Å²) in [4.78, 5) is 33.9. The molecule has 0 aliphatic heterocycles. The molecule has 0 radical (unpaired) electrons. The monoisotopic (exact) mass is 487 g/mol. The van der Waals surface area contributed by atoms with Crippen LogP contribution < -0.4 is 10.9 Å². The molecule has 5 nitrogen and oxygen atoms in total. The van der Waals surface area contributed by atoms with Crippen molar-refractivity contribution in [3.8, 4) is 0 Å². The molecule has 5 rings (SSSR count). The van der Waals surface area contributed by atoms with Crippen molar-refractivity contribution in [1.29, 1.82) is 0 Å². The highest BCUT2D eigenvalue weighted by molar-refractivity contribution is 8.00. The van der Waals surface area contributed by atoms with Crippen molar-refractivity contribution in [2.24, 2.45) is 0 Å². The Morgan fingerprint density at radius 2 is 1.97 bits per heavy atom. The van der Waals surface area contributed by atoms with E-state index in [-0.39, 0.29) is 11.5 Å². The van der Waals surface area contributed by atoms with Crippen LogP contribution in [-0.2, 0) is 24.2 Å². The number of aromatic nitrogens is 2. The van der Waals surface area contributed by atoms with E-state index >= 15 is 0 Å². The molecular weight excluding hydrogens is 462 g/mol. The van der Waals surface area contributed by atoms with Gasteiger partial charge in [0.25, 0.3) is 5.56 Å². The molecule has 0 bridgehead atoms. The molecule has 0 saturated heterocycles. The van der Waals surface area contributed by atoms with Gasteiger partial charge in [0.2, 0.25) is 5.91 Å². The fraction of sp³-hybridized carbons (Fsp3) is 0.222. The van der Waals surface area contributed by atoms with Gasteiger partial charge < -0.3 is 5.32 Å². The van der Waals surface area contributed by atoms with Gasteiger partial charge in [0, 0.05) is 17.1 Å². The second-order valence-electron chi connectivity index (χ2n) is 8.40. The van der Waals surface area contributed by atoms with E-state index in [1.165, 1.54) is 16.6 Å². The number of nitrogens with zero attached hydrogens (tertiary/aromatic N) is 2. The number of thioether (sulfide) groups is 1. The summed E-state index contributed by atoms with van der Waals surface area (Å²) in [5.74, 6) is -0.159. The van der Waals surface area contributed by atoms with Crippen LogP contribution in [0, 0.1) is 6.92 Å². The minimum Gasteiger partial charge on any atom is -0.325 e. The van der Waals surface area contributed by atoms with Crippen molar-refractivity contribution in [2.75, 3.05) is 5.32 Å². The summed E-state index contributed by atoms with van der Waals surface area (Å²) in [5.41, 5.74) is 3.82. The fourth-order valence-corrected chi connectivity index (χ4v) is 6.70. The van der Waals surface area contributed by atoms with E-state index in [1.54, 1.807) is 22.0 Å². The molecule has 4 aromatic rings. The Morgan fingerprint density at radius 3 is 2.71 bits per heavy atom. The molecule has 1 unspecified atom stereocenters. The Kier molecular flexibility index (Phi) is 6.39. The van der Waals surface area contributed by atoms with Gasteiger partial charge in [0.05, 0.1) is 5.39 Å². The molecule has 0 spiro atoms. The lowest BCUT2D eigenvalue weighted by Crippen LogP contribution is -2.25. The van der Waals surface area contributed by atoms with Gasteiger partial charge in [-0.25, -0.2) is 4.98 Å². The third kappa shape index (κ3) is 4.33. The third-order valence-electron chi connectivity index (χ3n) is 5.98. The van der Waals surface area contributed by atoms with Crippen molar-refractivity contribution >= 4 is 44.9 Å². The Morgan fingerprint density at radius 1 is 1.21 bits per heavy atom. The van der Waals surface area contributed by atoms with E-state index in [1.807, 2.05) is 61.5 Å². The zero-order valence-corrected chi connectivity index (χ0v) is 20.5. The van der Waals surface area contributed by atoms with Crippen molar-refractivity contribution in [2.45, 2.75) is 43.1 Å². The second-order valence-corrected chi connectivity index (χ2v) is 10.6. The molecule has 0 saturated carbocycles. The Hall–Kier alpha value is -3.16. The molecule has 1 atom stereocenters. The lowest BCUT2D eigenvalue weighted by molar-refractivity contribution is -0.115. The molecule has 2 heterocycles. The average Bonchev–Trinajstić information content (AvgIpc) is 3.43. The van der Waals surface area contributed by atoms with Gasteiger partial charge in [0.15, 0.2) is 5.16 Å². The highest BCUT2D eigenvalue weighted by Crippen LogP contribution is 2.39. The number of hydrogen-bond donors (Lipinski definition) is 1. The largest absolute Gasteiger partial charge is 0.325 e. The first-order valence-corrected chi connectivity index (χ1v) is 13.0. The van der Waals surface area contributed by atoms with Crippen molar-refractivity contribution < 1.29 is 4.79 Å². The maximum Gasteiger partial charge on any atom is 0.263 e. The second kappa shape index (κ2) is 9.60. The first-order valence-electron chi connectivity index (χ1n) is 11.3. The van der Waals surface area contributed by atoms with Crippen LogP contribution in [0.2, 0.25) is 0 Å². The van der Waals surface area contributed by atoms with Crippen LogP contribution in [0.4, 0.5) is 5.69 Å². The topological polar surface area (TPSA) is 64.0 Å².